The number of aromatic nitrogens is 3. The van der Waals surface area contributed by atoms with Crippen LogP contribution in [0.15, 0.2) is 65.7 Å². The van der Waals surface area contributed by atoms with Gasteiger partial charge < -0.3 is 15.4 Å². The van der Waals surface area contributed by atoms with Gasteiger partial charge in [-0.15, -0.1) is 0 Å². The van der Waals surface area contributed by atoms with Gasteiger partial charge in [-0.2, -0.15) is 13.2 Å². The third-order valence-electron chi connectivity index (χ3n) is 6.50. The first-order valence-electron chi connectivity index (χ1n) is 10.9. The summed E-state index contributed by atoms with van der Waals surface area (Å²) in [5, 5.41) is 9.82. The van der Waals surface area contributed by atoms with Crippen LogP contribution in [0.25, 0.3) is 33.4 Å². The Kier molecular flexibility index (Phi) is 5.14. The average Bonchev–Trinajstić information content (AvgIpc) is 3.07. The number of nitrogens with zero attached hydrogens (tertiary/aromatic N) is 3. The van der Waals surface area contributed by atoms with E-state index in [4.69, 9.17) is 5.73 Å². The highest BCUT2D eigenvalue weighted by Crippen LogP contribution is 2.42. The quantitative estimate of drug-likeness (QED) is 0.475. The van der Waals surface area contributed by atoms with Gasteiger partial charge in [-0.25, -0.2) is 4.98 Å². The Labute approximate surface area is 193 Å². The first-order valence-corrected chi connectivity index (χ1v) is 10.9. The number of fused-ring (bicyclic) bond motifs is 1. The Balaban J connectivity index is 1.73. The van der Waals surface area contributed by atoms with Crippen molar-refractivity contribution in [2.45, 2.75) is 37.2 Å². The maximum absolute atomic E-state index is 13.2. The second-order valence-corrected chi connectivity index (χ2v) is 8.94. The molecule has 0 radical (unpaired) electrons. The van der Waals surface area contributed by atoms with Crippen molar-refractivity contribution in [2.75, 3.05) is 0 Å². The fourth-order valence-electron chi connectivity index (χ4n) is 4.85. The lowest BCUT2D eigenvalue weighted by atomic mass is 9.70. The van der Waals surface area contributed by atoms with Crippen LogP contribution in [0.1, 0.15) is 18.4 Å². The van der Waals surface area contributed by atoms with E-state index in [1.54, 1.807) is 11.6 Å². The molecule has 2 aromatic heterocycles. The van der Waals surface area contributed by atoms with Crippen molar-refractivity contribution in [2.24, 2.45) is 12.8 Å². The molecule has 0 spiro atoms. The van der Waals surface area contributed by atoms with Crippen LogP contribution in [0.4, 0.5) is 13.2 Å². The first-order chi connectivity index (χ1) is 16.1. The predicted molar refractivity (Wildman–Crippen MR) is 123 cm³/mol. The van der Waals surface area contributed by atoms with E-state index in [0.29, 0.717) is 39.9 Å². The Bertz CT molecular complexity index is 1420. The minimum atomic E-state index is -4.55. The molecule has 4 aromatic rings. The summed E-state index contributed by atoms with van der Waals surface area (Å²) >= 11 is 0. The van der Waals surface area contributed by atoms with Crippen molar-refractivity contribution in [1.82, 2.24) is 14.1 Å². The fourth-order valence-corrected chi connectivity index (χ4v) is 4.85. The van der Waals surface area contributed by atoms with Crippen molar-refractivity contribution < 1.29 is 18.3 Å². The molecule has 0 amide bonds. The highest BCUT2D eigenvalue weighted by molar-refractivity contribution is 6.02. The molecule has 1 saturated carbocycles. The minimum absolute atomic E-state index is 0.136. The van der Waals surface area contributed by atoms with Gasteiger partial charge >= 0.3 is 6.18 Å². The van der Waals surface area contributed by atoms with Crippen LogP contribution in [-0.4, -0.2) is 31.5 Å². The van der Waals surface area contributed by atoms with Gasteiger partial charge in [0.05, 0.1) is 17.2 Å². The van der Waals surface area contributed by atoms with Gasteiger partial charge in [0, 0.05) is 18.2 Å². The summed E-state index contributed by atoms with van der Waals surface area (Å²) in [6, 6.07) is 16.6. The highest BCUT2D eigenvalue weighted by atomic mass is 19.4. The van der Waals surface area contributed by atoms with E-state index >= 15 is 0 Å². The number of rotatable bonds is 4. The Hall–Kier alpha value is -3.43. The van der Waals surface area contributed by atoms with Crippen LogP contribution >= 0.6 is 0 Å². The van der Waals surface area contributed by atoms with Gasteiger partial charge in [0.15, 0.2) is 0 Å². The fraction of sp³-hybridized carbons (Fsp3) is 0.280. The Morgan fingerprint density at radius 3 is 2.32 bits per heavy atom. The number of halogens is 3. The van der Waals surface area contributed by atoms with Gasteiger partial charge in [0.1, 0.15) is 18.5 Å². The van der Waals surface area contributed by atoms with Gasteiger partial charge in [0.25, 0.3) is 5.56 Å². The van der Waals surface area contributed by atoms with Crippen LogP contribution in [0, 0.1) is 0 Å². The topological polar surface area (TPSA) is 86.1 Å². The van der Waals surface area contributed by atoms with Crippen LogP contribution < -0.4 is 11.3 Å². The summed E-state index contributed by atoms with van der Waals surface area (Å²) in [5.74, 6) is 0. The van der Waals surface area contributed by atoms with E-state index in [1.165, 1.54) is 0 Å². The second kappa shape index (κ2) is 7.82. The molecule has 0 bridgehead atoms. The number of hydrogen-bond donors (Lipinski definition) is 2. The van der Waals surface area contributed by atoms with Crippen molar-refractivity contribution in [1.29, 1.82) is 0 Å². The third-order valence-corrected chi connectivity index (χ3v) is 6.50. The zero-order valence-corrected chi connectivity index (χ0v) is 18.4. The van der Waals surface area contributed by atoms with Crippen LogP contribution in [0.5, 0.6) is 0 Å². The monoisotopic (exact) mass is 468 g/mol. The number of benzene rings is 2. The summed E-state index contributed by atoms with van der Waals surface area (Å²) in [7, 11) is 1.74. The molecule has 0 unspecified atom stereocenters. The van der Waals surface area contributed by atoms with E-state index in [1.807, 2.05) is 54.6 Å². The van der Waals surface area contributed by atoms with Gasteiger partial charge in [-0.05, 0) is 29.5 Å². The smallest absolute Gasteiger partial charge is 0.393 e. The zero-order chi connectivity index (χ0) is 24.3. The lowest BCUT2D eigenvalue weighted by Gasteiger charge is -2.42. The molecule has 1 aliphatic carbocycles. The van der Waals surface area contributed by atoms with E-state index < -0.39 is 29.9 Å². The Morgan fingerprint density at radius 2 is 1.74 bits per heavy atom. The van der Waals surface area contributed by atoms with Gasteiger partial charge in [-0.3, -0.25) is 9.36 Å². The molecule has 6 nitrogen and oxygen atoms in total. The maximum atomic E-state index is 13.2. The number of nitrogens with two attached hydrogens (primary N) is 1. The van der Waals surface area contributed by atoms with E-state index in [2.05, 4.69) is 4.98 Å². The number of aliphatic hydroxyl groups is 1. The van der Waals surface area contributed by atoms with Gasteiger partial charge in [0.2, 0.25) is 0 Å². The van der Waals surface area contributed by atoms with Crippen molar-refractivity contribution in [3.63, 3.8) is 0 Å². The molecule has 1 fully saturated rings. The van der Waals surface area contributed by atoms with Gasteiger partial charge in [-0.1, -0.05) is 54.6 Å². The van der Waals surface area contributed by atoms with E-state index in [0.717, 1.165) is 17.5 Å². The summed E-state index contributed by atoms with van der Waals surface area (Å²) < 4.78 is 41.5. The number of aryl methyl sites for hydroxylation is 1. The molecule has 3 N–H and O–H groups in total. The van der Waals surface area contributed by atoms with Crippen LogP contribution in [0.2, 0.25) is 0 Å². The summed E-state index contributed by atoms with van der Waals surface area (Å²) in [6.07, 6.45) is -3.04. The zero-order valence-electron chi connectivity index (χ0n) is 18.4. The Morgan fingerprint density at radius 1 is 1.09 bits per heavy atom. The molecule has 176 valence electrons. The minimum Gasteiger partial charge on any atom is -0.393 e. The standard InChI is InChI=1S/C25H23F3N4O2/c1-31-21(16-7-9-17(10-8-16)24(29)11-18(33)12-24)19(15-5-3-2-4-6-15)20-22(31)30-14-32(23(20)34)13-25(26,27)28/h2-10,14,18,33H,11-13,29H2,1H3/t18-,24-. The molecule has 1 aliphatic rings. The lowest BCUT2D eigenvalue weighted by Crippen LogP contribution is -2.51. The molecule has 34 heavy (non-hydrogen) atoms. The van der Waals surface area contributed by atoms with Crippen LogP contribution in [0.3, 0.4) is 0 Å². The molecule has 0 saturated heterocycles. The average molecular weight is 468 g/mol. The normalized spacial score (nSPS) is 20.5. The predicted octanol–water partition coefficient (Wildman–Crippen LogP) is 3.94. The lowest BCUT2D eigenvalue weighted by molar-refractivity contribution is -0.141. The van der Waals surface area contributed by atoms with Crippen molar-refractivity contribution in [3.8, 4) is 22.4 Å². The molecule has 0 aliphatic heterocycles. The number of hydrogen-bond acceptors (Lipinski definition) is 4. The maximum Gasteiger partial charge on any atom is 0.406 e. The molecule has 9 heteroatoms. The number of alkyl halides is 3. The summed E-state index contributed by atoms with van der Waals surface area (Å²) in [6.45, 7) is -1.41. The highest BCUT2D eigenvalue weighted by Gasteiger charge is 2.41. The molecule has 0 atom stereocenters. The van der Waals surface area contributed by atoms with E-state index in [9.17, 15) is 23.1 Å². The summed E-state index contributed by atoms with van der Waals surface area (Å²) in [5.41, 5.74) is 8.94. The van der Waals surface area contributed by atoms with E-state index in [-0.39, 0.29) is 5.39 Å². The second-order valence-electron chi connectivity index (χ2n) is 8.94. The third kappa shape index (κ3) is 3.70. The van der Waals surface area contributed by atoms with Crippen molar-refractivity contribution >= 4 is 11.0 Å². The van der Waals surface area contributed by atoms with Crippen LogP contribution in [-0.2, 0) is 19.1 Å². The number of aliphatic hydroxyl groups excluding tert-OH is 1. The molecule has 2 heterocycles. The van der Waals surface area contributed by atoms with Crippen molar-refractivity contribution in [3.05, 3.63) is 76.8 Å². The first kappa shape index (κ1) is 22.4. The largest absolute Gasteiger partial charge is 0.406 e. The molecule has 5 rings (SSSR count). The molecular formula is C25H23F3N4O2. The molecular weight excluding hydrogens is 445 g/mol. The molecule has 2 aromatic carbocycles. The SMILES string of the molecule is Cn1c(-c2ccc([C@]3(N)C[C@H](O)C3)cc2)c(-c2ccccc2)c2c(=O)n(CC(F)(F)F)cnc21. The summed E-state index contributed by atoms with van der Waals surface area (Å²) in [4.78, 5) is 17.5.